The summed E-state index contributed by atoms with van der Waals surface area (Å²) in [6.07, 6.45) is 6.55. The Hall–Kier alpha value is -4.33. The van der Waals surface area contributed by atoms with E-state index >= 15 is 0 Å². The van der Waals surface area contributed by atoms with Crippen LogP contribution in [-0.4, -0.2) is 52.8 Å². The van der Waals surface area contributed by atoms with Gasteiger partial charge in [0.1, 0.15) is 23.9 Å². The predicted octanol–water partition coefficient (Wildman–Crippen LogP) is 3.30. The number of anilines is 3. The van der Waals surface area contributed by atoms with Crippen molar-refractivity contribution >= 4 is 29.4 Å². The molecule has 194 valence electrons. The molecule has 0 radical (unpaired) electrons. The monoisotopic (exact) mass is 505 g/mol. The molecule has 1 aromatic heterocycles. The van der Waals surface area contributed by atoms with Gasteiger partial charge in [-0.3, -0.25) is 14.6 Å². The van der Waals surface area contributed by atoms with E-state index in [0.29, 0.717) is 39.9 Å². The van der Waals surface area contributed by atoms with Crippen LogP contribution in [0.2, 0.25) is 0 Å². The molecule has 37 heavy (non-hydrogen) atoms. The van der Waals surface area contributed by atoms with Crippen LogP contribution in [0.5, 0.6) is 11.5 Å². The molecular weight excluding hydrogens is 474 g/mol. The molecule has 2 atom stereocenters. The van der Waals surface area contributed by atoms with E-state index in [4.69, 9.17) is 4.74 Å². The summed E-state index contributed by atoms with van der Waals surface area (Å²) >= 11 is 0. The first kappa shape index (κ1) is 25.8. The number of aromatic nitrogens is 2. The van der Waals surface area contributed by atoms with Gasteiger partial charge in [0.15, 0.2) is 0 Å². The minimum atomic E-state index is -0.439. The number of rotatable bonds is 7. The molecule has 1 aliphatic heterocycles. The summed E-state index contributed by atoms with van der Waals surface area (Å²) in [6.45, 7) is 7.01. The number of phenols is 1. The average Bonchev–Trinajstić information content (AvgIpc) is 2.89. The predicted molar refractivity (Wildman–Crippen MR) is 139 cm³/mol. The zero-order chi connectivity index (χ0) is 26.7. The molecule has 2 aliphatic rings. The number of nitrogens with zero attached hydrogens (tertiary/aromatic N) is 5. The second-order valence-electron chi connectivity index (χ2n) is 9.21. The Morgan fingerprint density at radius 1 is 1.32 bits per heavy atom. The standard InChI is InChI=1S/C26H31N7O4/c1-5-22(35)29-18-8-6-7-9-19(18)30-25-28-13-17-14-33(26(36)32(11-10-27)24(17)31-25)23-15(2)20(34)12-21(37-4)16(23)3/h5,12-13,18-19,34H,1,6-9,11,14H2,2-4H3,(H,29,35)(H,28,30,31). The number of benzene rings is 1. The van der Waals surface area contributed by atoms with E-state index in [2.05, 4.69) is 27.2 Å². The van der Waals surface area contributed by atoms with Crippen LogP contribution in [0.1, 0.15) is 42.4 Å². The van der Waals surface area contributed by atoms with E-state index in [1.54, 1.807) is 13.1 Å². The van der Waals surface area contributed by atoms with Crippen molar-refractivity contribution in [3.63, 3.8) is 0 Å². The molecule has 11 heteroatoms. The molecular formula is C26H31N7O4. The molecule has 0 spiro atoms. The van der Waals surface area contributed by atoms with Gasteiger partial charge in [-0.25, -0.2) is 9.78 Å². The Morgan fingerprint density at radius 2 is 2.05 bits per heavy atom. The number of amides is 3. The summed E-state index contributed by atoms with van der Waals surface area (Å²) in [4.78, 5) is 37.4. The molecule has 11 nitrogen and oxygen atoms in total. The van der Waals surface area contributed by atoms with E-state index in [0.717, 1.165) is 25.7 Å². The van der Waals surface area contributed by atoms with E-state index in [1.165, 1.54) is 29.1 Å². The molecule has 2 unspecified atom stereocenters. The lowest BCUT2D eigenvalue weighted by molar-refractivity contribution is -0.117. The van der Waals surface area contributed by atoms with Crippen molar-refractivity contribution in [3.05, 3.63) is 41.6 Å². The van der Waals surface area contributed by atoms with Gasteiger partial charge in [-0.15, -0.1) is 0 Å². The highest BCUT2D eigenvalue weighted by Gasteiger charge is 2.36. The van der Waals surface area contributed by atoms with Crippen molar-refractivity contribution in [2.75, 3.05) is 28.8 Å². The molecule has 1 aromatic carbocycles. The van der Waals surface area contributed by atoms with Crippen LogP contribution in [0, 0.1) is 25.2 Å². The number of carbonyl (C=O) groups is 2. The molecule has 1 saturated carbocycles. The van der Waals surface area contributed by atoms with Gasteiger partial charge in [-0.1, -0.05) is 19.4 Å². The molecule has 2 aromatic rings. The molecule has 1 fully saturated rings. The Balaban J connectivity index is 1.67. The minimum absolute atomic E-state index is 0.00394. The fourth-order valence-electron chi connectivity index (χ4n) is 5.04. The summed E-state index contributed by atoms with van der Waals surface area (Å²) in [5.74, 6) is 0.892. The molecule has 3 N–H and O–H groups in total. The van der Waals surface area contributed by atoms with Gasteiger partial charge < -0.3 is 20.5 Å². The third-order valence-corrected chi connectivity index (χ3v) is 6.93. The van der Waals surface area contributed by atoms with Crippen molar-refractivity contribution in [2.24, 2.45) is 0 Å². The summed E-state index contributed by atoms with van der Waals surface area (Å²) in [5.41, 5.74) is 2.38. The fourth-order valence-corrected chi connectivity index (χ4v) is 5.04. The van der Waals surface area contributed by atoms with Crippen LogP contribution in [-0.2, 0) is 11.3 Å². The number of phenolic OH excluding ortho intramolecular Hbond substituents is 1. The number of hydrogen-bond acceptors (Lipinski definition) is 8. The number of urea groups is 1. The first-order valence-electron chi connectivity index (χ1n) is 12.2. The summed E-state index contributed by atoms with van der Waals surface area (Å²) < 4.78 is 5.39. The van der Waals surface area contributed by atoms with Gasteiger partial charge in [-0.05, 0) is 32.8 Å². The van der Waals surface area contributed by atoms with Crippen LogP contribution < -0.4 is 25.2 Å². The normalized spacial score (nSPS) is 19.0. The maximum absolute atomic E-state index is 13.6. The molecule has 0 bridgehead atoms. The van der Waals surface area contributed by atoms with Crippen LogP contribution >= 0.6 is 0 Å². The highest BCUT2D eigenvalue weighted by molar-refractivity contribution is 6.07. The molecule has 4 rings (SSSR count). The van der Waals surface area contributed by atoms with E-state index in [-0.39, 0.29) is 36.8 Å². The maximum Gasteiger partial charge on any atom is 0.331 e. The zero-order valence-corrected chi connectivity index (χ0v) is 21.2. The third-order valence-electron chi connectivity index (χ3n) is 6.93. The summed E-state index contributed by atoms with van der Waals surface area (Å²) in [7, 11) is 1.50. The fraction of sp³-hybridized carbons (Fsp3) is 0.423. The Morgan fingerprint density at radius 3 is 2.73 bits per heavy atom. The molecule has 3 amide bonds. The van der Waals surface area contributed by atoms with Gasteiger partial charge in [0.05, 0.1) is 25.4 Å². The van der Waals surface area contributed by atoms with Crippen LogP contribution in [0.4, 0.5) is 22.2 Å². The van der Waals surface area contributed by atoms with Crippen LogP contribution in [0.3, 0.4) is 0 Å². The van der Waals surface area contributed by atoms with Gasteiger partial charge in [0.2, 0.25) is 11.9 Å². The zero-order valence-electron chi connectivity index (χ0n) is 21.2. The second kappa shape index (κ2) is 10.7. The Bertz CT molecular complexity index is 1270. The van der Waals surface area contributed by atoms with Crippen molar-refractivity contribution in [1.29, 1.82) is 5.26 Å². The van der Waals surface area contributed by atoms with Crippen molar-refractivity contribution in [3.8, 4) is 17.6 Å². The minimum Gasteiger partial charge on any atom is -0.507 e. The average molecular weight is 506 g/mol. The number of aromatic hydroxyl groups is 1. The first-order chi connectivity index (χ1) is 17.8. The number of nitrogens with one attached hydrogen (secondary N) is 2. The number of carbonyl (C=O) groups excluding carboxylic acids is 2. The lowest BCUT2D eigenvalue weighted by Crippen LogP contribution is -2.49. The Kier molecular flexibility index (Phi) is 7.47. The third kappa shape index (κ3) is 5.00. The largest absolute Gasteiger partial charge is 0.507 e. The van der Waals surface area contributed by atoms with Crippen LogP contribution in [0.15, 0.2) is 24.9 Å². The number of hydrogen-bond donors (Lipinski definition) is 3. The number of ether oxygens (including phenoxy) is 1. The van der Waals surface area contributed by atoms with Crippen molar-refractivity contribution in [2.45, 2.75) is 58.2 Å². The number of methoxy groups -OCH3 is 1. The van der Waals surface area contributed by atoms with Gasteiger partial charge in [-0.2, -0.15) is 10.2 Å². The lowest BCUT2D eigenvalue weighted by Gasteiger charge is -2.37. The summed E-state index contributed by atoms with van der Waals surface area (Å²) in [5, 5.41) is 26.2. The van der Waals surface area contributed by atoms with Gasteiger partial charge >= 0.3 is 6.03 Å². The topological polar surface area (TPSA) is 144 Å². The smallest absolute Gasteiger partial charge is 0.331 e. The first-order valence-corrected chi connectivity index (χ1v) is 12.2. The SMILES string of the molecule is C=CC(=O)NC1CCCCC1Nc1ncc2c(n1)N(CC#N)C(=O)N(c1c(C)c(O)cc(OC)c1C)C2. The molecule has 2 heterocycles. The van der Waals surface area contributed by atoms with Gasteiger partial charge in [0.25, 0.3) is 0 Å². The molecule has 1 aliphatic carbocycles. The van der Waals surface area contributed by atoms with Crippen molar-refractivity contribution < 1.29 is 19.4 Å². The second-order valence-corrected chi connectivity index (χ2v) is 9.21. The quantitative estimate of drug-likeness (QED) is 0.384. The van der Waals surface area contributed by atoms with E-state index in [1.807, 2.05) is 13.0 Å². The maximum atomic E-state index is 13.6. The highest BCUT2D eigenvalue weighted by atomic mass is 16.5. The van der Waals surface area contributed by atoms with Gasteiger partial charge in [0, 0.05) is 41.0 Å². The number of fused-ring (bicyclic) bond motifs is 1. The summed E-state index contributed by atoms with van der Waals surface area (Å²) in [6, 6.07) is 2.94. The van der Waals surface area contributed by atoms with E-state index in [9.17, 15) is 20.0 Å². The Labute approximate surface area is 215 Å². The van der Waals surface area contributed by atoms with Crippen molar-refractivity contribution in [1.82, 2.24) is 15.3 Å². The number of nitriles is 1. The van der Waals surface area contributed by atoms with Crippen LogP contribution in [0.25, 0.3) is 0 Å². The lowest BCUT2D eigenvalue weighted by atomic mass is 9.90. The highest BCUT2D eigenvalue weighted by Crippen LogP contribution is 2.41. The molecule has 0 saturated heterocycles. The van der Waals surface area contributed by atoms with E-state index < -0.39 is 6.03 Å².